The van der Waals surface area contributed by atoms with E-state index in [0.717, 1.165) is 31.2 Å². The van der Waals surface area contributed by atoms with Crippen molar-refractivity contribution in [1.82, 2.24) is 20.1 Å². The van der Waals surface area contributed by atoms with Crippen LogP contribution in [-0.2, 0) is 11.3 Å². The van der Waals surface area contributed by atoms with Gasteiger partial charge in [-0.1, -0.05) is 56.0 Å². The normalized spacial score (nSPS) is 15.5. The average molecular weight is 412 g/mol. The predicted molar refractivity (Wildman–Crippen MR) is 112 cm³/mol. The van der Waals surface area contributed by atoms with Crippen molar-refractivity contribution in [3.8, 4) is 11.3 Å². The summed E-state index contributed by atoms with van der Waals surface area (Å²) < 4.78 is 29.1. The summed E-state index contributed by atoms with van der Waals surface area (Å²) >= 11 is 0. The highest BCUT2D eigenvalue weighted by Crippen LogP contribution is 2.33. The lowest BCUT2D eigenvalue weighted by Gasteiger charge is -2.16. The maximum absolute atomic E-state index is 13.8. The maximum atomic E-state index is 13.8. The Morgan fingerprint density at radius 2 is 1.87 bits per heavy atom. The van der Waals surface area contributed by atoms with Crippen molar-refractivity contribution in [2.45, 2.75) is 64.5 Å². The molecule has 2 heterocycles. The van der Waals surface area contributed by atoms with Crippen LogP contribution in [0.3, 0.4) is 0 Å². The average Bonchev–Trinajstić information content (AvgIpc) is 2.90. The molecule has 3 aromatic rings. The zero-order valence-electron chi connectivity index (χ0n) is 17.1. The molecule has 0 unspecified atom stereocenters. The zero-order valence-corrected chi connectivity index (χ0v) is 17.1. The second kappa shape index (κ2) is 8.90. The predicted octanol–water partition coefficient (Wildman–Crippen LogP) is 5.18. The number of benzene rings is 1. The highest BCUT2D eigenvalue weighted by Gasteiger charge is 2.22. The first-order valence-corrected chi connectivity index (χ1v) is 10.5. The fourth-order valence-corrected chi connectivity index (χ4v) is 4.26. The Hall–Kier alpha value is -2.83. The van der Waals surface area contributed by atoms with Crippen LogP contribution >= 0.6 is 0 Å². The summed E-state index contributed by atoms with van der Waals surface area (Å²) in [6.07, 6.45) is 3.96. The van der Waals surface area contributed by atoms with Gasteiger partial charge in [-0.25, -0.2) is 18.4 Å². The molecule has 4 rings (SSSR count). The monoisotopic (exact) mass is 412 g/mol. The van der Waals surface area contributed by atoms with Crippen LogP contribution in [0.15, 0.2) is 36.4 Å². The van der Waals surface area contributed by atoms with Gasteiger partial charge in [-0.15, -0.1) is 0 Å². The number of rotatable bonds is 5. The summed E-state index contributed by atoms with van der Waals surface area (Å²) in [6.45, 7) is 1.65. The fraction of sp³-hybridized carbons (Fsp3) is 0.435. The summed E-state index contributed by atoms with van der Waals surface area (Å²) in [5.41, 5.74) is 1.86. The van der Waals surface area contributed by atoms with Gasteiger partial charge in [0.05, 0.1) is 16.8 Å². The van der Waals surface area contributed by atoms with Gasteiger partial charge >= 0.3 is 0 Å². The van der Waals surface area contributed by atoms with Gasteiger partial charge in [0.2, 0.25) is 5.91 Å². The van der Waals surface area contributed by atoms with Crippen LogP contribution in [0.4, 0.5) is 8.78 Å². The van der Waals surface area contributed by atoms with Crippen molar-refractivity contribution in [3.63, 3.8) is 0 Å². The van der Waals surface area contributed by atoms with Gasteiger partial charge in [0, 0.05) is 17.2 Å². The minimum Gasteiger partial charge on any atom is -0.352 e. The molecular formula is C23H26F2N4O. The molecule has 30 heavy (non-hydrogen) atoms. The minimum absolute atomic E-state index is 0.0330. The van der Waals surface area contributed by atoms with Gasteiger partial charge < -0.3 is 5.32 Å². The van der Waals surface area contributed by atoms with Crippen LogP contribution in [-0.4, -0.2) is 26.7 Å². The highest BCUT2D eigenvalue weighted by molar-refractivity contribution is 5.87. The van der Waals surface area contributed by atoms with Crippen LogP contribution in [0.5, 0.6) is 0 Å². The number of aromatic nitrogens is 3. The Morgan fingerprint density at radius 1 is 1.17 bits per heavy atom. The molecular weight excluding hydrogens is 386 g/mol. The highest BCUT2D eigenvalue weighted by atomic mass is 19.3. The molecule has 7 heteroatoms. The number of carbonyl (C=O) groups excluding carboxylic acids is 1. The Bertz CT molecular complexity index is 1020. The Labute approximate surface area is 174 Å². The van der Waals surface area contributed by atoms with Crippen molar-refractivity contribution in [2.24, 2.45) is 0 Å². The summed E-state index contributed by atoms with van der Waals surface area (Å²) in [4.78, 5) is 17.3. The third kappa shape index (κ3) is 4.35. The zero-order chi connectivity index (χ0) is 21.1. The number of nitrogens with zero attached hydrogens (tertiary/aromatic N) is 3. The van der Waals surface area contributed by atoms with Crippen LogP contribution in [0.2, 0.25) is 0 Å². The molecule has 1 saturated carbocycles. The van der Waals surface area contributed by atoms with E-state index in [1.807, 2.05) is 30.3 Å². The van der Waals surface area contributed by atoms with E-state index in [4.69, 9.17) is 0 Å². The lowest BCUT2D eigenvalue weighted by molar-refractivity contribution is -0.122. The summed E-state index contributed by atoms with van der Waals surface area (Å²) in [5, 5.41) is 7.79. The third-order valence-corrected chi connectivity index (χ3v) is 5.73. The summed E-state index contributed by atoms with van der Waals surface area (Å²) in [6, 6.07) is 10.8. The van der Waals surface area contributed by atoms with Gasteiger partial charge in [0.25, 0.3) is 6.43 Å². The Balaban J connectivity index is 1.68. The number of alkyl halides is 2. The van der Waals surface area contributed by atoms with Crippen molar-refractivity contribution >= 4 is 16.9 Å². The van der Waals surface area contributed by atoms with E-state index in [1.165, 1.54) is 23.6 Å². The summed E-state index contributed by atoms with van der Waals surface area (Å²) in [7, 11) is 0. The van der Waals surface area contributed by atoms with Crippen molar-refractivity contribution < 1.29 is 13.6 Å². The van der Waals surface area contributed by atoms with Gasteiger partial charge in [0.15, 0.2) is 5.65 Å². The lowest BCUT2D eigenvalue weighted by atomic mass is 10.1. The molecule has 1 aliphatic rings. The lowest BCUT2D eigenvalue weighted by Crippen LogP contribution is -2.36. The van der Waals surface area contributed by atoms with Crippen molar-refractivity contribution in [2.75, 3.05) is 0 Å². The molecule has 0 atom stereocenters. The second-order valence-corrected chi connectivity index (χ2v) is 7.96. The second-order valence-electron chi connectivity index (χ2n) is 7.96. The van der Waals surface area contributed by atoms with Gasteiger partial charge in [-0.3, -0.25) is 4.79 Å². The number of halogens is 2. The van der Waals surface area contributed by atoms with E-state index in [-0.39, 0.29) is 24.1 Å². The molecule has 1 aromatic carbocycles. The van der Waals surface area contributed by atoms with Gasteiger partial charge in [-0.05, 0) is 25.8 Å². The van der Waals surface area contributed by atoms with Gasteiger partial charge in [0.1, 0.15) is 6.54 Å². The molecule has 0 aliphatic heterocycles. The molecule has 0 radical (unpaired) electrons. The molecule has 1 fully saturated rings. The summed E-state index contributed by atoms with van der Waals surface area (Å²) in [5.74, 6) is -0.156. The number of hydrogen-bond donors (Lipinski definition) is 1. The number of hydrogen-bond acceptors (Lipinski definition) is 3. The molecule has 0 saturated heterocycles. The van der Waals surface area contributed by atoms with E-state index in [1.54, 1.807) is 6.92 Å². The smallest absolute Gasteiger partial charge is 0.264 e. The molecule has 2 aromatic heterocycles. The molecule has 1 N–H and O–H groups in total. The first-order valence-electron chi connectivity index (χ1n) is 10.5. The van der Waals surface area contributed by atoms with E-state index in [0.29, 0.717) is 22.4 Å². The Kier molecular flexibility index (Phi) is 6.06. The van der Waals surface area contributed by atoms with E-state index in [2.05, 4.69) is 15.4 Å². The van der Waals surface area contributed by atoms with E-state index in [9.17, 15) is 13.6 Å². The minimum atomic E-state index is -2.66. The van der Waals surface area contributed by atoms with E-state index < -0.39 is 6.43 Å². The van der Waals surface area contributed by atoms with Crippen molar-refractivity contribution in [3.05, 3.63) is 47.7 Å². The molecule has 1 aliphatic carbocycles. The molecule has 5 nitrogen and oxygen atoms in total. The first kappa shape index (κ1) is 20.4. The molecule has 0 spiro atoms. The molecule has 1 amide bonds. The first-order chi connectivity index (χ1) is 14.5. The van der Waals surface area contributed by atoms with Crippen molar-refractivity contribution in [1.29, 1.82) is 0 Å². The third-order valence-electron chi connectivity index (χ3n) is 5.73. The topological polar surface area (TPSA) is 59.8 Å². The number of amides is 1. The molecule has 0 bridgehead atoms. The number of carbonyl (C=O) groups is 1. The number of aryl methyl sites for hydroxylation is 1. The quantitative estimate of drug-likeness (QED) is 0.587. The molecule has 158 valence electrons. The Morgan fingerprint density at radius 3 is 2.53 bits per heavy atom. The van der Waals surface area contributed by atoms with Crippen LogP contribution in [0.1, 0.15) is 56.2 Å². The largest absolute Gasteiger partial charge is 0.352 e. The maximum Gasteiger partial charge on any atom is 0.264 e. The fourth-order valence-electron chi connectivity index (χ4n) is 4.26. The van der Waals surface area contributed by atoms with E-state index >= 15 is 0 Å². The van der Waals surface area contributed by atoms with Crippen LogP contribution < -0.4 is 5.32 Å². The number of nitrogens with one attached hydrogen (secondary N) is 1. The van der Waals surface area contributed by atoms with Crippen LogP contribution in [0.25, 0.3) is 22.3 Å². The van der Waals surface area contributed by atoms with Gasteiger partial charge in [-0.2, -0.15) is 5.10 Å². The SMILES string of the molecule is Cc1nn(CC(=O)NC2CCCCCC2)c2nc(-c3ccccc3)cc(C(F)F)c12. The van der Waals surface area contributed by atoms with Crippen LogP contribution in [0, 0.1) is 6.92 Å². The number of fused-ring (bicyclic) bond motifs is 1. The number of pyridine rings is 1. The standard InChI is InChI=1S/C23H26F2N4O/c1-15-21-18(22(24)25)13-19(16-9-5-4-6-10-16)27-23(21)29(28-15)14-20(30)26-17-11-7-2-3-8-12-17/h4-6,9-10,13,17,22H,2-3,7-8,11-12,14H2,1H3,(H,26,30).